The van der Waals surface area contributed by atoms with Gasteiger partial charge >= 0.3 is 0 Å². The largest absolute Gasteiger partial charge is 0.377 e. The molecule has 0 bridgehead atoms. The van der Waals surface area contributed by atoms with Crippen molar-refractivity contribution in [3.8, 4) is 0 Å². The van der Waals surface area contributed by atoms with E-state index >= 15 is 0 Å². The predicted molar refractivity (Wildman–Crippen MR) is 59.7 cm³/mol. The lowest BCUT2D eigenvalue weighted by atomic mass is 10.2. The average Bonchev–Trinajstić information content (AvgIpc) is 2.11. The Morgan fingerprint density at radius 2 is 1.92 bits per heavy atom. The van der Waals surface area contributed by atoms with Crippen LogP contribution in [0.5, 0.6) is 0 Å². The van der Waals surface area contributed by atoms with Gasteiger partial charge in [-0.2, -0.15) is 0 Å². The highest BCUT2D eigenvalue weighted by Crippen LogP contribution is 2.30. The van der Waals surface area contributed by atoms with E-state index in [4.69, 9.17) is 23.2 Å². The van der Waals surface area contributed by atoms with Crippen molar-refractivity contribution >= 4 is 28.9 Å². The van der Waals surface area contributed by atoms with Gasteiger partial charge in [0.15, 0.2) is 0 Å². The minimum absolute atomic E-state index is 0.150. The summed E-state index contributed by atoms with van der Waals surface area (Å²) >= 11 is 11.9. The van der Waals surface area contributed by atoms with E-state index in [-0.39, 0.29) is 6.04 Å². The molecule has 1 atom stereocenters. The molecule has 1 aromatic rings. The van der Waals surface area contributed by atoms with Crippen molar-refractivity contribution in [3.05, 3.63) is 40.9 Å². The lowest BCUT2D eigenvalue weighted by Gasteiger charge is -2.13. The fourth-order valence-corrected chi connectivity index (χ4v) is 1.43. The van der Waals surface area contributed by atoms with E-state index in [0.29, 0.717) is 10.0 Å². The van der Waals surface area contributed by atoms with Gasteiger partial charge in [-0.25, -0.2) is 0 Å². The molecular weight excluding hydrogens is 205 g/mol. The van der Waals surface area contributed by atoms with Crippen LogP contribution >= 0.6 is 23.2 Å². The van der Waals surface area contributed by atoms with Gasteiger partial charge in [-0.05, 0) is 19.1 Å². The van der Waals surface area contributed by atoms with E-state index in [0.717, 1.165) is 5.69 Å². The first-order valence-electron chi connectivity index (χ1n) is 3.98. The van der Waals surface area contributed by atoms with Crippen LogP contribution in [0.25, 0.3) is 0 Å². The minimum atomic E-state index is 0.150. The zero-order chi connectivity index (χ0) is 9.84. The monoisotopic (exact) mass is 215 g/mol. The third-order valence-electron chi connectivity index (χ3n) is 1.69. The van der Waals surface area contributed by atoms with E-state index in [1.54, 1.807) is 18.2 Å². The van der Waals surface area contributed by atoms with Crippen molar-refractivity contribution in [1.29, 1.82) is 0 Å². The van der Waals surface area contributed by atoms with Crippen LogP contribution in [0.15, 0.2) is 30.9 Å². The SMILES string of the molecule is C=CC(C)Nc1c(Cl)cccc1Cl. The van der Waals surface area contributed by atoms with Gasteiger partial charge < -0.3 is 5.32 Å². The molecule has 0 amide bonds. The maximum absolute atomic E-state index is 5.95. The van der Waals surface area contributed by atoms with Crippen LogP contribution in [-0.2, 0) is 0 Å². The van der Waals surface area contributed by atoms with Gasteiger partial charge in [0.05, 0.1) is 15.7 Å². The zero-order valence-corrected chi connectivity index (χ0v) is 8.86. The van der Waals surface area contributed by atoms with Crippen LogP contribution in [0.4, 0.5) is 5.69 Å². The topological polar surface area (TPSA) is 12.0 Å². The van der Waals surface area contributed by atoms with Crippen LogP contribution in [-0.4, -0.2) is 6.04 Å². The van der Waals surface area contributed by atoms with Crippen LogP contribution in [0, 0.1) is 0 Å². The summed E-state index contributed by atoms with van der Waals surface area (Å²) in [7, 11) is 0. The Bertz CT molecular complexity index is 290. The van der Waals surface area contributed by atoms with Crippen molar-refractivity contribution in [1.82, 2.24) is 0 Å². The normalized spacial score (nSPS) is 12.2. The highest BCUT2D eigenvalue weighted by atomic mass is 35.5. The Kier molecular flexibility index (Phi) is 3.64. The summed E-state index contributed by atoms with van der Waals surface area (Å²) < 4.78 is 0. The molecule has 1 aromatic carbocycles. The van der Waals surface area contributed by atoms with E-state index in [9.17, 15) is 0 Å². The van der Waals surface area contributed by atoms with Crippen molar-refractivity contribution in [2.75, 3.05) is 5.32 Å². The first-order chi connectivity index (χ1) is 6.15. The average molecular weight is 216 g/mol. The molecular formula is C10H11Cl2N. The number of hydrogen-bond donors (Lipinski definition) is 1. The summed E-state index contributed by atoms with van der Waals surface area (Å²) in [5.74, 6) is 0. The second kappa shape index (κ2) is 4.54. The maximum atomic E-state index is 5.95. The molecule has 1 N–H and O–H groups in total. The fraction of sp³-hybridized carbons (Fsp3) is 0.200. The highest BCUT2D eigenvalue weighted by molar-refractivity contribution is 6.39. The zero-order valence-electron chi connectivity index (χ0n) is 7.35. The number of anilines is 1. The summed E-state index contributed by atoms with van der Waals surface area (Å²) in [6.45, 7) is 5.65. The number of nitrogens with one attached hydrogen (secondary N) is 1. The molecule has 1 unspecified atom stereocenters. The van der Waals surface area contributed by atoms with E-state index in [1.165, 1.54) is 0 Å². The van der Waals surface area contributed by atoms with Gasteiger partial charge in [-0.15, -0.1) is 6.58 Å². The van der Waals surface area contributed by atoms with Crippen molar-refractivity contribution in [3.63, 3.8) is 0 Å². The molecule has 70 valence electrons. The Balaban J connectivity index is 2.93. The second-order valence-corrected chi connectivity index (χ2v) is 3.58. The molecule has 0 aliphatic carbocycles. The smallest absolute Gasteiger partial charge is 0.0723 e. The number of halogens is 2. The van der Waals surface area contributed by atoms with E-state index < -0.39 is 0 Å². The third kappa shape index (κ3) is 2.64. The molecule has 1 rings (SSSR count). The number of hydrogen-bond acceptors (Lipinski definition) is 1. The summed E-state index contributed by atoms with van der Waals surface area (Å²) in [6, 6.07) is 5.56. The second-order valence-electron chi connectivity index (χ2n) is 2.77. The molecule has 0 aliphatic rings. The van der Waals surface area contributed by atoms with Gasteiger partial charge in [-0.1, -0.05) is 35.3 Å². The standard InChI is InChI=1S/C10H11Cl2N/c1-3-7(2)13-10-8(11)5-4-6-9(10)12/h3-7,13H,1H2,2H3. The summed E-state index contributed by atoms with van der Waals surface area (Å²) in [4.78, 5) is 0. The van der Waals surface area contributed by atoms with Crippen molar-refractivity contribution in [2.45, 2.75) is 13.0 Å². The number of rotatable bonds is 3. The molecule has 1 nitrogen and oxygen atoms in total. The molecule has 0 fully saturated rings. The molecule has 13 heavy (non-hydrogen) atoms. The van der Waals surface area contributed by atoms with Crippen molar-refractivity contribution < 1.29 is 0 Å². The van der Waals surface area contributed by atoms with Gasteiger partial charge in [0.1, 0.15) is 0 Å². The maximum Gasteiger partial charge on any atom is 0.0723 e. The Labute approximate surface area is 88.4 Å². The molecule has 0 aliphatic heterocycles. The summed E-state index contributed by atoms with van der Waals surface area (Å²) in [5.41, 5.74) is 0.762. The lowest BCUT2D eigenvalue weighted by molar-refractivity contribution is 1.00. The molecule has 0 saturated carbocycles. The van der Waals surface area contributed by atoms with Gasteiger partial charge in [0.2, 0.25) is 0 Å². The molecule has 0 saturated heterocycles. The predicted octanol–water partition coefficient (Wildman–Crippen LogP) is 3.98. The molecule has 0 radical (unpaired) electrons. The van der Waals surface area contributed by atoms with E-state index in [2.05, 4.69) is 11.9 Å². The van der Waals surface area contributed by atoms with Crippen LogP contribution in [0.2, 0.25) is 10.0 Å². The Morgan fingerprint density at radius 3 is 2.38 bits per heavy atom. The van der Waals surface area contributed by atoms with Crippen LogP contribution in [0.1, 0.15) is 6.92 Å². The third-order valence-corrected chi connectivity index (χ3v) is 2.32. The highest BCUT2D eigenvalue weighted by Gasteiger charge is 2.05. The first-order valence-corrected chi connectivity index (χ1v) is 4.74. The molecule has 0 heterocycles. The molecule has 3 heteroatoms. The number of benzene rings is 1. The van der Waals surface area contributed by atoms with E-state index in [1.807, 2.05) is 13.0 Å². The van der Waals surface area contributed by atoms with Crippen LogP contribution < -0.4 is 5.32 Å². The molecule has 0 aromatic heterocycles. The number of para-hydroxylation sites is 1. The molecule has 0 spiro atoms. The first kappa shape index (κ1) is 10.4. The Hall–Kier alpha value is -0.660. The lowest BCUT2D eigenvalue weighted by Crippen LogP contribution is -2.11. The summed E-state index contributed by atoms with van der Waals surface area (Å²) in [6.07, 6.45) is 1.79. The van der Waals surface area contributed by atoms with Gasteiger partial charge in [-0.3, -0.25) is 0 Å². The van der Waals surface area contributed by atoms with Crippen molar-refractivity contribution in [2.24, 2.45) is 0 Å². The quantitative estimate of drug-likeness (QED) is 0.753. The fourth-order valence-electron chi connectivity index (χ4n) is 0.922. The van der Waals surface area contributed by atoms with Gasteiger partial charge in [0, 0.05) is 6.04 Å². The summed E-state index contributed by atoms with van der Waals surface area (Å²) in [5, 5.41) is 4.40. The van der Waals surface area contributed by atoms with Crippen LogP contribution in [0.3, 0.4) is 0 Å². The minimum Gasteiger partial charge on any atom is -0.377 e. The van der Waals surface area contributed by atoms with Gasteiger partial charge in [0.25, 0.3) is 0 Å². The Morgan fingerprint density at radius 1 is 1.38 bits per heavy atom.